The van der Waals surface area contributed by atoms with E-state index in [1.165, 1.54) is 0 Å². The molecule has 6 nitrogen and oxygen atoms in total. The molecule has 4 rings (SSSR count). The van der Waals surface area contributed by atoms with E-state index < -0.39 is 0 Å². The van der Waals surface area contributed by atoms with E-state index in [1.807, 2.05) is 31.2 Å². The molecule has 24 heavy (non-hydrogen) atoms. The molecule has 2 aromatic heterocycles. The van der Waals surface area contributed by atoms with E-state index in [0.717, 1.165) is 22.2 Å². The van der Waals surface area contributed by atoms with Crippen molar-refractivity contribution in [3.63, 3.8) is 0 Å². The highest BCUT2D eigenvalue weighted by Crippen LogP contribution is 2.37. The maximum atomic E-state index is 12.2. The van der Waals surface area contributed by atoms with Crippen LogP contribution in [0.15, 0.2) is 30.5 Å². The summed E-state index contributed by atoms with van der Waals surface area (Å²) in [6.07, 6.45) is 1.71. The standard InChI is InChI=1S/C17H15ClN4O2/c1-9-8-20-17(23)16-14(18)15(21-22(9)16)11-5-6-19-13-4-3-10(24-2)7-12(11)13/h3-7,9H,8H2,1-2H3,(H,20,23)/t9-/m0/s1. The van der Waals surface area contributed by atoms with E-state index in [4.69, 9.17) is 16.3 Å². The van der Waals surface area contributed by atoms with Gasteiger partial charge >= 0.3 is 0 Å². The van der Waals surface area contributed by atoms with Crippen LogP contribution in [0.1, 0.15) is 23.5 Å². The molecule has 0 saturated carbocycles. The van der Waals surface area contributed by atoms with Gasteiger partial charge in [-0.25, -0.2) is 0 Å². The first kappa shape index (κ1) is 15.0. The van der Waals surface area contributed by atoms with E-state index >= 15 is 0 Å². The van der Waals surface area contributed by atoms with E-state index in [1.54, 1.807) is 18.0 Å². The van der Waals surface area contributed by atoms with Gasteiger partial charge in [0, 0.05) is 23.7 Å². The first-order valence-corrected chi connectivity index (χ1v) is 7.97. The van der Waals surface area contributed by atoms with E-state index in [0.29, 0.717) is 23.0 Å². The summed E-state index contributed by atoms with van der Waals surface area (Å²) in [5, 5.41) is 8.68. The first-order chi connectivity index (χ1) is 11.6. The highest BCUT2D eigenvalue weighted by Gasteiger charge is 2.30. The summed E-state index contributed by atoms with van der Waals surface area (Å²) in [4.78, 5) is 16.5. The zero-order valence-electron chi connectivity index (χ0n) is 13.2. The minimum atomic E-state index is -0.201. The third-order valence-corrected chi connectivity index (χ3v) is 4.61. The van der Waals surface area contributed by atoms with Crippen molar-refractivity contribution in [2.45, 2.75) is 13.0 Å². The molecule has 1 aliphatic rings. The second kappa shape index (κ2) is 5.49. The lowest BCUT2D eigenvalue weighted by Crippen LogP contribution is -2.38. The first-order valence-electron chi connectivity index (χ1n) is 7.59. The molecular formula is C17H15ClN4O2. The van der Waals surface area contributed by atoms with Crippen LogP contribution in [0, 0.1) is 0 Å². The molecule has 3 heterocycles. The van der Waals surface area contributed by atoms with Crippen molar-refractivity contribution < 1.29 is 9.53 Å². The number of amides is 1. The zero-order chi connectivity index (χ0) is 16.8. The largest absolute Gasteiger partial charge is 0.497 e. The van der Waals surface area contributed by atoms with Gasteiger partial charge in [0.25, 0.3) is 5.91 Å². The van der Waals surface area contributed by atoms with Gasteiger partial charge in [0.15, 0.2) is 0 Å². The Morgan fingerprint density at radius 3 is 2.96 bits per heavy atom. The number of hydrogen-bond acceptors (Lipinski definition) is 4. The number of nitrogens with zero attached hydrogens (tertiary/aromatic N) is 3. The minimum absolute atomic E-state index is 0.0478. The Labute approximate surface area is 143 Å². The van der Waals surface area contributed by atoms with Gasteiger partial charge in [0.1, 0.15) is 17.1 Å². The number of ether oxygens (including phenoxy) is 1. The van der Waals surface area contributed by atoms with E-state index in [2.05, 4.69) is 15.4 Å². The number of halogens is 1. The van der Waals surface area contributed by atoms with Gasteiger partial charge in [-0.1, -0.05) is 11.6 Å². The van der Waals surface area contributed by atoms with Crippen LogP contribution >= 0.6 is 11.6 Å². The number of benzene rings is 1. The SMILES string of the molecule is COc1ccc2nccc(-c3nn4c(c3Cl)C(=O)NC[C@@H]4C)c2c1. The fourth-order valence-corrected chi connectivity index (χ4v) is 3.29. The normalized spacial score (nSPS) is 16.8. The molecule has 0 aliphatic carbocycles. The third kappa shape index (κ3) is 2.14. The Bertz CT molecular complexity index is 967. The summed E-state index contributed by atoms with van der Waals surface area (Å²) >= 11 is 6.52. The quantitative estimate of drug-likeness (QED) is 0.777. The number of aromatic nitrogens is 3. The minimum Gasteiger partial charge on any atom is -0.497 e. The summed E-state index contributed by atoms with van der Waals surface area (Å²) in [5.74, 6) is 0.524. The van der Waals surface area contributed by atoms with Gasteiger partial charge in [-0.05, 0) is 31.2 Å². The number of nitrogens with one attached hydrogen (secondary N) is 1. The number of pyridine rings is 1. The van der Waals surface area contributed by atoms with Crippen molar-refractivity contribution in [3.05, 3.63) is 41.2 Å². The van der Waals surface area contributed by atoms with Gasteiger partial charge in [-0.3, -0.25) is 14.5 Å². The third-order valence-electron chi connectivity index (χ3n) is 4.25. The molecule has 0 spiro atoms. The number of carbonyl (C=O) groups is 1. The zero-order valence-corrected chi connectivity index (χ0v) is 14.0. The van der Waals surface area contributed by atoms with Crippen LogP contribution < -0.4 is 10.1 Å². The second-order valence-electron chi connectivity index (χ2n) is 5.76. The number of hydrogen-bond donors (Lipinski definition) is 1. The molecule has 0 bridgehead atoms. The predicted octanol–water partition coefficient (Wildman–Crippen LogP) is 3.06. The topological polar surface area (TPSA) is 69.0 Å². The molecule has 1 atom stereocenters. The lowest BCUT2D eigenvalue weighted by Gasteiger charge is -2.21. The Balaban J connectivity index is 1.99. The summed E-state index contributed by atoms with van der Waals surface area (Å²) in [5.41, 5.74) is 2.62. The molecule has 7 heteroatoms. The van der Waals surface area contributed by atoms with Crippen molar-refractivity contribution in [2.75, 3.05) is 13.7 Å². The van der Waals surface area contributed by atoms with E-state index in [-0.39, 0.29) is 11.9 Å². The predicted molar refractivity (Wildman–Crippen MR) is 91.6 cm³/mol. The highest BCUT2D eigenvalue weighted by molar-refractivity contribution is 6.36. The molecule has 0 radical (unpaired) electrons. The number of fused-ring (bicyclic) bond motifs is 2. The molecule has 122 valence electrons. The number of methoxy groups -OCH3 is 1. The average molecular weight is 343 g/mol. The van der Waals surface area contributed by atoms with Crippen LogP contribution in [0.5, 0.6) is 5.75 Å². The van der Waals surface area contributed by atoms with Crippen molar-refractivity contribution in [3.8, 4) is 17.0 Å². The molecule has 3 aromatic rings. The second-order valence-corrected chi connectivity index (χ2v) is 6.13. The van der Waals surface area contributed by atoms with Gasteiger partial charge in [0.05, 0.1) is 23.7 Å². The Morgan fingerprint density at radius 1 is 1.38 bits per heavy atom. The van der Waals surface area contributed by atoms with Crippen LogP contribution in [-0.2, 0) is 0 Å². The Morgan fingerprint density at radius 2 is 2.21 bits per heavy atom. The maximum Gasteiger partial charge on any atom is 0.271 e. The summed E-state index contributed by atoms with van der Waals surface area (Å²) < 4.78 is 7.01. The summed E-state index contributed by atoms with van der Waals surface area (Å²) in [6, 6.07) is 7.54. The van der Waals surface area contributed by atoms with Crippen LogP contribution in [0.2, 0.25) is 5.02 Å². The molecule has 1 amide bonds. The van der Waals surface area contributed by atoms with Crippen molar-refractivity contribution in [1.82, 2.24) is 20.1 Å². The Hall–Kier alpha value is -2.60. The smallest absolute Gasteiger partial charge is 0.271 e. The van der Waals surface area contributed by atoms with Gasteiger partial charge in [-0.15, -0.1) is 0 Å². The van der Waals surface area contributed by atoms with Crippen molar-refractivity contribution in [1.29, 1.82) is 0 Å². The fourth-order valence-electron chi connectivity index (χ4n) is 2.98. The number of carbonyl (C=O) groups excluding carboxylic acids is 1. The van der Waals surface area contributed by atoms with Gasteiger partial charge in [-0.2, -0.15) is 5.10 Å². The maximum absolute atomic E-state index is 12.2. The molecule has 0 unspecified atom stereocenters. The molecule has 1 aliphatic heterocycles. The van der Waals surface area contributed by atoms with Crippen LogP contribution in [0.4, 0.5) is 0 Å². The van der Waals surface area contributed by atoms with Gasteiger partial charge in [0.2, 0.25) is 0 Å². The monoisotopic (exact) mass is 342 g/mol. The summed E-state index contributed by atoms with van der Waals surface area (Å²) in [7, 11) is 1.62. The van der Waals surface area contributed by atoms with Crippen molar-refractivity contribution >= 4 is 28.4 Å². The van der Waals surface area contributed by atoms with Crippen LogP contribution in [0.25, 0.3) is 22.2 Å². The number of rotatable bonds is 2. The van der Waals surface area contributed by atoms with Gasteiger partial charge < -0.3 is 10.1 Å². The summed E-state index contributed by atoms with van der Waals surface area (Å²) in [6.45, 7) is 2.53. The molecule has 1 aromatic carbocycles. The molecule has 0 fully saturated rings. The lowest BCUT2D eigenvalue weighted by atomic mass is 10.1. The molecular weight excluding hydrogens is 328 g/mol. The molecule has 1 N–H and O–H groups in total. The highest BCUT2D eigenvalue weighted by atomic mass is 35.5. The van der Waals surface area contributed by atoms with Crippen LogP contribution in [0.3, 0.4) is 0 Å². The fraction of sp³-hybridized carbons (Fsp3) is 0.235. The molecule has 0 saturated heterocycles. The van der Waals surface area contributed by atoms with E-state index in [9.17, 15) is 4.79 Å². The average Bonchev–Trinajstić information content (AvgIpc) is 2.96. The Kier molecular flexibility index (Phi) is 3.42. The lowest BCUT2D eigenvalue weighted by molar-refractivity contribution is 0.0913. The van der Waals surface area contributed by atoms with Crippen LogP contribution in [-0.4, -0.2) is 34.3 Å². The van der Waals surface area contributed by atoms with Crippen molar-refractivity contribution in [2.24, 2.45) is 0 Å².